The zero-order valence-electron chi connectivity index (χ0n) is 12.9. The maximum absolute atomic E-state index is 12.6. The summed E-state index contributed by atoms with van der Waals surface area (Å²) in [6, 6.07) is 0.0851. The summed E-state index contributed by atoms with van der Waals surface area (Å²) < 4.78 is 0. The molecule has 6 nitrogen and oxygen atoms in total. The Morgan fingerprint density at radius 3 is 2.52 bits per heavy atom. The minimum Gasteiger partial charge on any atom is -0.368 e. The van der Waals surface area contributed by atoms with Crippen LogP contribution in [0.25, 0.3) is 0 Å². The smallest absolute Gasteiger partial charge is 0.321 e. The molecular formula is C15H25N4O2. The van der Waals surface area contributed by atoms with Crippen LogP contribution in [-0.4, -0.2) is 70.4 Å². The second kappa shape index (κ2) is 5.48. The fourth-order valence-corrected chi connectivity index (χ4v) is 3.98. The first-order chi connectivity index (χ1) is 10.0. The van der Waals surface area contributed by atoms with Gasteiger partial charge in [0.25, 0.3) is 0 Å². The molecule has 2 atom stereocenters. The van der Waals surface area contributed by atoms with Crippen molar-refractivity contribution in [3.63, 3.8) is 0 Å². The molecule has 0 aromatic heterocycles. The van der Waals surface area contributed by atoms with E-state index in [1.54, 1.807) is 4.90 Å². The van der Waals surface area contributed by atoms with Crippen LogP contribution in [0, 0.1) is 6.42 Å². The molecule has 1 radical (unpaired) electrons. The number of likely N-dealkylation sites (tertiary alicyclic amines) is 1. The number of nitrogens with two attached hydrogens (primary N) is 1. The molecule has 1 unspecified atom stereocenters. The van der Waals surface area contributed by atoms with Crippen LogP contribution in [0.5, 0.6) is 0 Å². The Hall–Kier alpha value is -1.30. The molecule has 0 spiro atoms. The van der Waals surface area contributed by atoms with Crippen molar-refractivity contribution in [3.05, 3.63) is 6.42 Å². The molecule has 0 aromatic rings. The number of carbonyl (C=O) groups excluding carboxylic acids is 2. The van der Waals surface area contributed by atoms with Crippen molar-refractivity contribution in [1.82, 2.24) is 14.7 Å². The van der Waals surface area contributed by atoms with Gasteiger partial charge in [0, 0.05) is 31.7 Å². The van der Waals surface area contributed by atoms with E-state index in [9.17, 15) is 9.59 Å². The van der Waals surface area contributed by atoms with Gasteiger partial charge in [0.1, 0.15) is 6.04 Å². The zero-order chi connectivity index (χ0) is 15.1. The molecule has 21 heavy (non-hydrogen) atoms. The van der Waals surface area contributed by atoms with Gasteiger partial charge in [-0.05, 0) is 39.5 Å². The first-order valence-corrected chi connectivity index (χ1v) is 7.96. The van der Waals surface area contributed by atoms with E-state index in [-0.39, 0.29) is 24.0 Å². The summed E-state index contributed by atoms with van der Waals surface area (Å²) in [6.45, 7) is 7.06. The number of hydrogen-bond donors (Lipinski definition) is 1. The maximum Gasteiger partial charge on any atom is 0.321 e. The first kappa shape index (κ1) is 14.6. The number of rotatable bonds is 3. The fraction of sp³-hybridized carbons (Fsp3) is 0.800. The lowest BCUT2D eigenvalue weighted by atomic mass is 9.98. The van der Waals surface area contributed by atoms with Crippen molar-refractivity contribution in [2.24, 2.45) is 5.73 Å². The van der Waals surface area contributed by atoms with Gasteiger partial charge in [0.05, 0.1) is 6.04 Å². The lowest BCUT2D eigenvalue weighted by molar-refractivity contribution is -0.123. The lowest BCUT2D eigenvalue weighted by Gasteiger charge is -2.40. The van der Waals surface area contributed by atoms with Crippen LogP contribution >= 0.6 is 0 Å². The number of carbonyl (C=O) groups is 2. The Morgan fingerprint density at radius 2 is 1.95 bits per heavy atom. The maximum atomic E-state index is 12.6. The molecule has 117 valence electrons. The van der Waals surface area contributed by atoms with E-state index >= 15 is 0 Å². The van der Waals surface area contributed by atoms with Crippen LogP contribution in [0.1, 0.15) is 33.1 Å². The highest BCUT2D eigenvalue weighted by Crippen LogP contribution is 2.34. The monoisotopic (exact) mass is 293 g/mol. The summed E-state index contributed by atoms with van der Waals surface area (Å²) >= 11 is 0. The van der Waals surface area contributed by atoms with Crippen LogP contribution in [-0.2, 0) is 4.79 Å². The van der Waals surface area contributed by atoms with Gasteiger partial charge in [-0.15, -0.1) is 0 Å². The summed E-state index contributed by atoms with van der Waals surface area (Å²) in [5.74, 6) is -0.375. The van der Waals surface area contributed by atoms with Crippen LogP contribution < -0.4 is 5.73 Å². The molecule has 3 saturated heterocycles. The van der Waals surface area contributed by atoms with Gasteiger partial charge >= 0.3 is 6.03 Å². The molecule has 3 heterocycles. The van der Waals surface area contributed by atoms with Crippen molar-refractivity contribution >= 4 is 11.9 Å². The van der Waals surface area contributed by atoms with Gasteiger partial charge in [0.2, 0.25) is 5.91 Å². The van der Waals surface area contributed by atoms with Crippen molar-refractivity contribution in [2.45, 2.75) is 57.3 Å². The quantitative estimate of drug-likeness (QED) is 0.820. The first-order valence-electron chi connectivity index (χ1n) is 7.96. The Labute approximate surface area is 126 Å². The molecule has 3 fully saturated rings. The van der Waals surface area contributed by atoms with Crippen molar-refractivity contribution in [3.8, 4) is 0 Å². The number of amides is 3. The van der Waals surface area contributed by atoms with Gasteiger partial charge in [-0.2, -0.15) is 0 Å². The molecule has 3 aliphatic rings. The third kappa shape index (κ3) is 2.39. The minimum absolute atomic E-state index is 0.000506. The van der Waals surface area contributed by atoms with Gasteiger partial charge in [-0.25, -0.2) is 4.79 Å². The van der Waals surface area contributed by atoms with Gasteiger partial charge < -0.3 is 20.4 Å². The zero-order valence-corrected chi connectivity index (χ0v) is 12.9. The van der Waals surface area contributed by atoms with E-state index in [2.05, 4.69) is 25.2 Å². The van der Waals surface area contributed by atoms with Crippen molar-refractivity contribution < 1.29 is 9.59 Å². The van der Waals surface area contributed by atoms with Crippen molar-refractivity contribution in [1.29, 1.82) is 0 Å². The predicted octanol–water partition coefficient (Wildman–Crippen LogP) is 0.427. The molecular weight excluding hydrogens is 268 g/mol. The second-order valence-electron chi connectivity index (χ2n) is 6.61. The standard InChI is InChI=1S/C15H25N4O2/c1-10(2)17-8-5-11(6-9-17)19-13(14(16)20)12-4-3-7-18(12)15(19)21/h4,10-13H,3,5-9H2,1-2H3,(H2,16,20)/t12-,13?/m1/s1. The van der Waals surface area contributed by atoms with Crippen molar-refractivity contribution in [2.75, 3.05) is 19.6 Å². The Balaban J connectivity index is 1.75. The summed E-state index contributed by atoms with van der Waals surface area (Å²) in [6.07, 6.45) is 4.78. The molecule has 3 aliphatic heterocycles. The number of fused-ring (bicyclic) bond motifs is 1. The average molecular weight is 293 g/mol. The van der Waals surface area contributed by atoms with Crippen LogP contribution in [0.3, 0.4) is 0 Å². The molecule has 2 N–H and O–H groups in total. The SMILES string of the molecule is CC(C)N1CCC(N2C(=O)N3CC[CH][C@@H]3C2C(N)=O)CC1. The second-order valence-corrected chi connectivity index (χ2v) is 6.61. The third-order valence-corrected chi connectivity index (χ3v) is 5.14. The minimum atomic E-state index is -0.476. The molecule has 0 aliphatic carbocycles. The van der Waals surface area contributed by atoms with Crippen LogP contribution in [0.2, 0.25) is 0 Å². The molecule has 3 amide bonds. The predicted molar refractivity (Wildman–Crippen MR) is 79.4 cm³/mol. The van der Waals surface area contributed by atoms with Crippen LogP contribution in [0.15, 0.2) is 0 Å². The molecule has 0 saturated carbocycles. The highest BCUT2D eigenvalue weighted by Gasteiger charge is 2.52. The Kier molecular flexibility index (Phi) is 3.82. The van der Waals surface area contributed by atoms with Gasteiger partial charge in [-0.1, -0.05) is 0 Å². The molecule has 0 aromatic carbocycles. The van der Waals surface area contributed by atoms with Crippen LogP contribution in [0.4, 0.5) is 4.79 Å². The van der Waals surface area contributed by atoms with E-state index in [1.807, 2.05) is 4.90 Å². The van der Waals surface area contributed by atoms with E-state index < -0.39 is 6.04 Å². The largest absolute Gasteiger partial charge is 0.368 e. The number of urea groups is 1. The van der Waals surface area contributed by atoms with E-state index in [0.717, 1.165) is 32.4 Å². The highest BCUT2D eigenvalue weighted by molar-refractivity contribution is 5.91. The van der Waals surface area contributed by atoms with E-state index in [1.165, 1.54) is 0 Å². The number of hydrogen-bond acceptors (Lipinski definition) is 3. The molecule has 0 bridgehead atoms. The summed E-state index contributed by atoms with van der Waals surface area (Å²) in [5.41, 5.74) is 5.60. The summed E-state index contributed by atoms with van der Waals surface area (Å²) in [7, 11) is 0. The summed E-state index contributed by atoms with van der Waals surface area (Å²) in [5, 5.41) is 0. The molecule has 6 heteroatoms. The highest BCUT2D eigenvalue weighted by atomic mass is 16.2. The Bertz CT molecular complexity index is 431. The third-order valence-electron chi connectivity index (χ3n) is 5.14. The number of piperidine rings is 1. The van der Waals surface area contributed by atoms with Gasteiger partial charge in [0.15, 0.2) is 0 Å². The molecule has 3 rings (SSSR count). The normalized spacial score (nSPS) is 31.3. The van der Waals surface area contributed by atoms with Gasteiger partial charge in [-0.3, -0.25) is 4.79 Å². The lowest BCUT2D eigenvalue weighted by Crippen LogP contribution is -2.54. The average Bonchev–Trinajstić information content (AvgIpc) is 3.01. The summed E-state index contributed by atoms with van der Waals surface area (Å²) in [4.78, 5) is 30.5. The van der Waals surface area contributed by atoms with E-state index in [4.69, 9.17) is 5.73 Å². The number of primary amides is 1. The van der Waals surface area contributed by atoms with E-state index in [0.29, 0.717) is 12.6 Å². The number of nitrogens with zero attached hydrogens (tertiary/aromatic N) is 3. The topological polar surface area (TPSA) is 69.9 Å². The Morgan fingerprint density at radius 1 is 1.29 bits per heavy atom. The fourth-order valence-electron chi connectivity index (χ4n) is 3.98.